The van der Waals surface area contributed by atoms with E-state index >= 15 is 0 Å². The van der Waals surface area contributed by atoms with Gasteiger partial charge in [-0.1, -0.05) is 13.8 Å². The largest absolute Gasteiger partial charge is 0.444 e. The molecule has 0 saturated carbocycles. The Morgan fingerprint density at radius 1 is 1.05 bits per heavy atom. The highest BCUT2D eigenvalue weighted by atomic mass is 16.6. The number of ketones is 1. The van der Waals surface area contributed by atoms with Crippen LogP contribution in [0.1, 0.15) is 60.8 Å². The number of amides is 1. The summed E-state index contributed by atoms with van der Waals surface area (Å²) in [5.74, 6) is 0.222. The summed E-state index contributed by atoms with van der Waals surface area (Å²) in [6.07, 6.45) is 2.98. The summed E-state index contributed by atoms with van der Waals surface area (Å²) in [7, 11) is 3.25. The van der Waals surface area contributed by atoms with Crippen molar-refractivity contribution in [3.8, 4) is 0 Å². The van der Waals surface area contributed by atoms with Crippen LogP contribution in [0.25, 0.3) is 0 Å². The first-order chi connectivity index (χ1) is 8.72. The number of rotatable bonds is 6. The monoisotopic (exact) mass is 291 g/mol. The molecule has 0 fully saturated rings. The van der Waals surface area contributed by atoms with E-state index in [2.05, 4.69) is 10.1 Å². The molecule has 0 rings (SSSR count). The normalized spacial score (nSPS) is 9.70. The highest BCUT2D eigenvalue weighted by molar-refractivity contribution is 5.75. The van der Waals surface area contributed by atoms with Crippen LogP contribution in [-0.4, -0.2) is 38.2 Å². The quantitative estimate of drug-likeness (QED) is 0.760. The summed E-state index contributed by atoms with van der Waals surface area (Å²) in [5, 5.41) is 2.68. The van der Waals surface area contributed by atoms with Gasteiger partial charge in [-0.2, -0.15) is 0 Å². The summed E-state index contributed by atoms with van der Waals surface area (Å²) in [4.78, 5) is 21.9. The van der Waals surface area contributed by atoms with Gasteiger partial charge in [-0.25, -0.2) is 4.79 Å². The second-order valence-corrected chi connectivity index (χ2v) is 5.35. The molecule has 5 heteroatoms. The van der Waals surface area contributed by atoms with Crippen molar-refractivity contribution < 1.29 is 19.1 Å². The van der Waals surface area contributed by atoms with Gasteiger partial charge in [0, 0.05) is 27.2 Å². The molecule has 0 aliphatic rings. The van der Waals surface area contributed by atoms with E-state index in [1.54, 1.807) is 21.1 Å². The zero-order chi connectivity index (χ0) is 15.3. The zero-order valence-corrected chi connectivity index (χ0v) is 13.2. The molecule has 0 radical (unpaired) electrons. The smallest absolute Gasteiger partial charge is 0.407 e. The van der Waals surface area contributed by atoms with Crippen molar-refractivity contribution in [2.45, 2.75) is 66.4 Å². The lowest BCUT2D eigenvalue weighted by Crippen LogP contribution is -2.32. The summed E-state index contributed by atoms with van der Waals surface area (Å²) in [6.45, 7) is 7.70. The molecule has 0 saturated heterocycles. The highest BCUT2D eigenvalue weighted by Crippen LogP contribution is 2.06. The molecule has 5 nitrogen and oxygen atoms in total. The highest BCUT2D eigenvalue weighted by Gasteiger charge is 2.15. The van der Waals surface area contributed by atoms with Crippen molar-refractivity contribution in [2.24, 2.45) is 0 Å². The first-order valence-electron chi connectivity index (χ1n) is 6.59. The van der Waals surface area contributed by atoms with Crippen LogP contribution in [0.4, 0.5) is 4.79 Å². The second-order valence-electron chi connectivity index (χ2n) is 5.35. The summed E-state index contributed by atoms with van der Waals surface area (Å²) in [6, 6.07) is 0. The SMILES string of the molecule is C.CC(=O)CCCCCNC(=O)OC(C)(C)C.COC. The molecule has 0 aromatic rings. The molecule has 0 aliphatic carbocycles. The van der Waals surface area contributed by atoms with Crippen molar-refractivity contribution >= 4 is 11.9 Å². The van der Waals surface area contributed by atoms with Crippen molar-refractivity contribution in [2.75, 3.05) is 20.8 Å². The van der Waals surface area contributed by atoms with Crippen LogP contribution in [0.5, 0.6) is 0 Å². The number of nitrogens with one attached hydrogen (secondary N) is 1. The van der Waals surface area contributed by atoms with Gasteiger partial charge in [0.25, 0.3) is 0 Å². The van der Waals surface area contributed by atoms with Gasteiger partial charge in [-0.15, -0.1) is 0 Å². The molecule has 1 amide bonds. The van der Waals surface area contributed by atoms with Gasteiger partial charge < -0.3 is 19.6 Å². The summed E-state index contributed by atoms with van der Waals surface area (Å²) >= 11 is 0. The molecular weight excluding hydrogens is 258 g/mol. The Kier molecular flexibility index (Phi) is 17.1. The van der Waals surface area contributed by atoms with Gasteiger partial charge in [0.1, 0.15) is 11.4 Å². The molecule has 0 spiro atoms. The van der Waals surface area contributed by atoms with E-state index in [-0.39, 0.29) is 19.3 Å². The molecule has 0 aromatic carbocycles. The predicted octanol–water partition coefficient (Wildman–Crippen LogP) is 3.56. The Hall–Kier alpha value is -1.10. The molecule has 0 unspecified atom stereocenters. The summed E-state index contributed by atoms with van der Waals surface area (Å²) in [5.41, 5.74) is -0.446. The lowest BCUT2D eigenvalue weighted by molar-refractivity contribution is -0.117. The van der Waals surface area contributed by atoms with Crippen molar-refractivity contribution in [3.05, 3.63) is 0 Å². The minimum Gasteiger partial charge on any atom is -0.444 e. The number of unbranched alkanes of at least 4 members (excludes halogenated alkanes) is 2. The second kappa shape index (κ2) is 14.3. The number of carbonyl (C=O) groups is 2. The Labute approximate surface area is 124 Å². The van der Waals surface area contributed by atoms with E-state index in [0.717, 1.165) is 19.3 Å². The van der Waals surface area contributed by atoms with Gasteiger partial charge in [-0.3, -0.25) is 0 Å². The zero-order valence-electron chi connectivity index (χ0n) is 13.2. The van der Waals surface area contributed by atoms with E-state index in [1.807, 2.05) is 20.8 Å². The maximum atomic E-state index is 11.2. The third kappa shape index (κ3) is 25.7. The van der Waals surface area contributed by atoms with Crippen molar-refractivity contribution in [1.29, 1.82) is 0 Å². The number of carbonyl (C=O) groups excluding carboxylic acids is 2. The number of hydrogen-bond donors (Lipinski definition) is 1. The third-order valence-electron chi connectivity index (χ3n) is 1.87. The number of hydrogen-bond acceptors (Lipinski definition) is 4. The van der Waals surface area contributed by atoms with Crippen LogP contribution in [0, 0.1) is 0 Å². The van der Waals surface area contributed by atoms with Crippen LogP contribution in [0.15, 0.2) is 0 Å². The Morgan fingerprint density at radius 2 is 1.55 bits per heavy atom. The van der Waals surface area contributed by atoms with Crippen LogP contribution in [0.2, 0.25) is 0 Å². The van der Waals surface area contributed by atoms with Crippen molar-refractivity contribution in [3.63, 3.8) is 0 Å². The minimum absolute atomic E-state index is 0. The summed E-state index contributed by atoms with van der Waals surface area (Å²) < 4.78 is 9.33. The average Bonchev–Trinajstić information content (AvgIpc) is 2.21. The fraction of sp³-hybridized carbons (Fsp3) is 0.867. The van der Waals surface area contributed by atoms with Gasteiger partial charge >= 0.3 is 6.09 Å². The van der Waals surface area contributed by atoms with Gasteiger partial charge in [0.15, 0.2) is 0 Å². The molecule has 0 heterocycles. The fourth-order valence-corrected chi connectivity index (χ4v) is 1.18. The molecule has 0 aromatic heterocycles. The number of methoxy groups -OCH3 is 1. The van der Waals surface area contributed by atoms with Gasteiger partial charge in [0.2, 0.25) is 0 Å². The van der Waals surface area contributed by atoms with E-state index < -0.39 is 5.60 Å². The van der Waals surface area contributed by atoms with Crippen LogP contribution in [-0.2, 0) is 14.3 Å². The fourth-order valence-electron chi connectivity index (χ4n) is 1.18. The van der Waals surface area contributed by atoms with Crippen LogP contribution >= 0.6 is 0 Å². The van der Waals surface area contributed by atoms with Gasteiger partial charge in [0.05, 0.1) is 0 Å². The number of ether oxygens (including phenoxy) is 2. The maximum Gasteiger partial charge on any atom is 0.407 e. The van der Waals surface area contributed by atoms with E-state index in [9.17, 15) is 9.59 Å². The van der Waals surface area contributed by atoms with Crippen molar-refractivity contribution in [1.82, 2.24) is 5.32 Å². The Balaban J connectivity index is -0.000000657. The van der Waals surface area contributed by atoms with Gasteiger partial charge in [-0.05, 0) is 40.5 Å². The lowest BCUT2D eigenvalue weighted by atomic mass is 10.1. The molecule has 0 bridgehead atoms. The van der Waals surface area contributed by atoms with Crippen LogP contribution in [0.3, 0.4) is 0 Å². The Morgan fingerprint density at radius 3 is 1.95 bits per heavy atom. The predicted molar refractivity (Wildman–Crippen MR) is 83.0 cm³/mol. The lowest BCUT2D eigenvalue weighted by Gasteiger charge is -2.19. The Bertz CT molecular complexity index is 247. The maximum absolute atomic E-state index is 11.2. The molecule has 20 heavy (non-hydrogen) atoms. The standard InChI is InChI=1S/C12H23NO3.C2H6O.CH4/c1-10(14)8-6-5-7-9-13-11(15)16-12(2,3)4;1-3-2;/h5-9H2,1-4H3,(H,13,15);1-2H3;1H4. The molecule has 122 valence electrons. The molecule has 0 atom stereocenters. The number of alkyl carbamates (subject to hydrolysis) is 1. The third-order valence-corrected chi connectivity index (χ3v) is 1.87. The van der Waals surface area contributed by atoms with Crippen LogP contribution < -0.4 is 5.32 Å². The topological polar surface area (TPSA) is 64.6 Å². The first-order valence-corrected chi connectivity index (χ1v) is 6.59. The first kappa shape index (κ1) is 24.0. The molecular formula is C15H33NO4. The molecule has 0 aliphatic heterocycles. The minimum atomic E-state index is -0.446. The van der Waals surface area contributed by atoms with E-state index in [0.29, 0.717) is 13.0 Å². The average molecular weight is 291 g/mol. The molecule has 1 N–H and O–H groups in total. The van der Waals surface area contributed by atoms with E-state index in [1.165, 1.54) is 0 Å². The van der Waals surface area contributed by atoms with E-state index in [4.69, 9.17) is 4.74 Å². The number of Topliss-reactive ketones (excluding diaryl/α,β-unsaturated/α-hetero) is 1.